The third-order valence-corrected chi connectivity index (χ3v) is 7.76. The van der Waals surface area contributed by atoms with Crippen molar-refractivity contribution in [3.8, 4) is 28.8 Å². The molecule has 12 heteroatoms. The largest absolute Gasteiger partial charge is 0.497 e. The summed E-state index contributed by atoms with van der Waals surface area (Å²) >= 11 is 1.32. The molecule has 11 nitrogen and oxygen atoms in total. The topological polar surface area (TPSA) is 116 Å². The molecule has 1 aliphatic heterocycles. The number of fused-ring (bicyclic) bond motifs is 1. The summed E-state index contributed by atoms with van der Waals surface area (Å²) in [4.78, 5) is 18.1. The number of pyridine rings is 1. The van der Waals surface area contributed by atoms with Gasteiger partial charge in [-0.2, -0.15) is 14.7 Å². The van der Waals surface area contributed by atoms with Crippen LogP contribution in [0, 0.1) is 0 Å². The molecule has 1 atom stereocenters. The summed E-state index contributed by atoms with van der Waals surface area (Å²) in [7, 11) is 4.81. The molecule has 2 aromatic carbocycles. The Hall–Kier alpha value is -4.97. The summed E-state index contributed by atoms with van der Waals surface area (Å²) < 4.78 is 17.9. The molecule has 1 unspecified atom stereocenters. The first kappa shape index (κ1) is 27.2. The lowest BCUT2D eigenvalue weighted by molar-refractivity contribution is -0.130. The molecule has 42 heavy (non-hydrogen) atoms. The highest BCUT2D eigenvalue weighted by Crippen LogP contribution is 2.38. The molecule has 0 fully saturated rings. The highest BCUT2D eigenvalue weighted by atomic mass is 32.2. The number of carbonyl (C=O) groups excluding carboxylic acids is 1. The van der Waals surface area contributed by atoms with Crippen LogP contribution < -0.4 is 14.2 Å². The minimum Gasteiger partial charge on any atom is -0.497 e. The van der Waals surface area contributed by atoms with E-state index in [4.69, 9.17) is 19.3 Å². The zero-order valence-electron chi connectivity index (χ0n) is 23.2. The van der Waals surface area contributed by atoms with Gasteiger partial charge in [0.05, 0.1) is 38.8 Å². The molecule has 212 valence electrons. The maximum Gasteiger partial charge on any atom is 0.253 e. The molecule has 0 aliphatic carbocycles. The molecule has 0 saturated heterocycles. The van der Waals surface area contributed by atoms with Gasteiger partial charge in [-0.1, -0.05) is 23.9 Å². The second-order valence-electron chi connectivity index (χ2n) is 9.32. The van der Waals surface area contributed by atoms with E-state index < -0.39 is 0 Å². The SMILES string of the molecule is COc1ccc(C2=NN(C(=O)CSc3ccc4nnc(-c5ccccn5)n4n3)C(c3ccc(OC)c(OC)c3)C2)cc1. The second kappa shape index (κ2) is 11.9. The average molecular weight is 582 g/mol. The highest BCUT2D eigenvalue weighted by molar-refractivity contribution is 7.99. The van der Waals surface area contributed by atoms with Crippen molar-refractivity contribution < 1.29 is 19.0 Å². The Kier molecular flexibility index (Phi) is 7.69. The van der Waals surface area contributed by atoms with Crippen LogP contribution in [-0.4, -0.2) is 68.5 Å². The predicted molar refractivity (Wildman–Crippen MR) is 158 cm³/mol. The van der Waals surface area contributed by atoms with Crippen LogP contribution in [0.15, 0.2) is 89.1 Å². The zero-order chi connectivity index (χ0) is 29.1. The maximum absolute atomic E-state index is 13.7. The first-order valence-electron chi connectivity index (χ1n) is 13.1. The lowest BCUT2D eigenvalue weighted by atomic mass is 9.98. The van der Waals surface area contributed by atoms with Crippen LogP contribution in [-0.2, 0) is 4.79 Å². The summed E-state index contributed by atoms with van der Waals surface area (Å²) in [5.41, 5.74) is 3.87. The molecular formula is C30H27N7O4S. The quantitative estimate of drug-likeness (QED) is 0.229. The van der Waals surface area contributed by atoms with Crippen molar-refractivity contribution in [3.63, 3.8) is 0 Å². The number of hydrogen-bond donors (Lipinski definition) is 0. The van der Waals surface area contributed by atoms with Gasteiger partial charge in [0.2, 0.25) is 5.82 Å². The number of nitrogens with zero attached hydrogens (tertiary/aromatic N) is 7. The Labute approximate surface area is 246 Å². The van der Waals surface area contributed by atoms with Crippen molar-refractivity contribution in [2.24, 2.45) is 5.10 Å². The number of amides is 1. The molecule has 1 amide bonds. The van der Waals surface area contributed by atoms with Crippen LogP contribution in [0.2, 0.25) is 0 Å². The Morgan fingerprint density at radius 2 is 1.76 bits per heavy atom. The van der Waals surface area contributed by atoms with Crippen LogP contribution in [0.25, 0.3) is 17.2 Å². The van der Waals surface area contributed by atoms with Crippen LogP contribution in [0.5, 0.6) is 17.2 Å². The van der Waals surface area contributed by atoms with Crippen molar-refractivity contribution in [2.75, 3.05) is 27.1 Å². The minimum atomic E-state index is -0.320. The fraction of sp³-hybridized carbons (Fsp3) is 0.200. The Bertz CT molecular complexity index is 1760. The summed E-state index contributed by atoms with van der Waals surface area (Å²) in [6, 6.07) is 22.2. The van der Waals surface area contributed by atoms with Gasteiger partial charge in [0.25, 0.3) is 5.91 Å². The fourth-order valence-electron chi connectivity index (χ4n) is 4.72. The van der Waals surface area contributed by atoms with Gasteiger partial charge in [-0.3, -0.25) is 9.78 Å². The minimum absolute atomic E-state index is 0.128. The highest BCUT2D eigenvalue weighted by Gasteiger charge is 2.33. The van der Waals surface area contributed by atoms with E-state index in [1.807, 2.05) is 72.8 Å². The molecule has 0 N–H and O–H groups in total. The molecule has 0 saturated carbocycles. The first-order chi connectivity index (χ1) is 20.6. The maximum atomic E-state index is 13.7. The van der Waals surface area contributed by atoms with E-state index in [-0.39, 0.29) is 17.7 Å². The summed E-state index contributed by atoms with van der Waals surface area (Å²) in [5, 5.41) is 20.1. The van der Waals surface area contributed by atoms with E-state index >= 15 is 0 Å². The number of ether oxygens (including phenoxy) is 3. The van der Waals surface area contributed by atoms with Crippen molar-refractivity contribution in [2.45, 2.75) is 17.5 Å². The first-order valence-corrected chi connectivity index (χ1v) is 14.1. The van der Waals surface area contributed by atoms with Crippen LogP contribution in [0.4, 0.5) is 0 Å². The average Bonchev–Trinajstić information content (AvgIpc) is 3.69. The van der Waals surface area contributed by atoms with Crippen molar-refractivity contribution in [1.29, 1.82) is 0 Å². The van der Waals surface area contributed by atoms with Gasteiger partial charge in [0.15, 0.2) is 17.1 Å². The number of carbonyl (C=O) groups is 1. The number of aromatic nitrogens is 5. The molecule has 5 aromatic rings. The van der Waals surface area contributed by atoms with Crippen molar-refractivity contribution >= 4 is 29.0 Å². The number of rotatable bonds is 9. The Balaban J connectivity index is 1.27. The number of methoxy groups -OCH3 is 3. The Morgan fingerprint density at radius 1 is 0.929 bits per heavy atom. The molecule has 3 aromatic heterocycles. The van der Waals surface area contributed by atoms with E-state index in [1.54, 1.807) is 37.1 Å². The summed E-state index contributed by atoms with van der Waals surface area (Å²) in [5.74, 6) is 2.46. The normalized spacial score (nSPS) is 14.6. The molecule has 6 rings (SSSR count). The second-order valence-corrected chi connectivity index (χ2v) is 10.3. The van der Waals surface area contributed by atoms with Crippen LogP contribution in [0.3, 0.4) is 0 Å². The van der Waals surface area contributed by atoms with Gasteiger partial charge in [0, 0.05) is 12.6 Å². The van der Waals surface area contributed by atoms with Gasteiger partial charge >= 0.3 is 0 Å². The molecular weight excluding hydrogens is 554 g/mol. The number of hydrogen-bond acceptors (Lipinski definition) is 10. The van der Waals surface area contributed by atoms with E-state index in [1.165, 1.54) is 11.8 Å². The Morgan fingerprint density at radius 3 is 2.50 bits per heavy atom. The zero-order valence-corrected chi connectivity index (χ0v) is 24.0. The van der Waals surface area contributed by atoms with E-state index in [0.29, 0.717) is 40.1 Å². The summed E-state index contributed by atoms with van der Waals surface area (Å²) in [6.07, 6.45) is 2.23. The fourth-order valence-corrected chi connectivity index (χ4v) is 5.43. The van der Waals surface area contributed by atoms with Gasteiger partial charge in [-0.05, 0) is 71.8 Å². The third kappa shape index (κ3) is 5.36. The summed E-state index contributed by atoms with van der Waals surface area (Å²) in [6.45, 7) is 0. The molecule has 4 heterocycles. The number of thioether (sulfide) groups is 1. The molecule has 0 radical (unpaired) electrons. The van der Waals surface area contributed by atoms with E-state index in [9.17, 15) is 4.79 Å². The molecule has 0 spiro atoms. The lowest BCUT2D eigenvalue weighted by Crippen LogP contribution is -2.28. The smallest absolute Gasteiger partial charge is 0.253 e. The molecule has 0 bridgehead atoms. The number of hydrazone groups is 1. The molecule has 1 aliphatic rings. The van der Waals surface area contributed by atoms with E-state index in [2.05, 4.69) is 20.3 Å². The van der Waals surface area contributed by atoms with Crippen LogP contribution in [0.1, 0.15) is 23.6 Å². The van der Waals surface area contributed by atoms with Crippen molar-refractivity contribution in [1.82, 2.24) is 29.8 Å². The third-order valence-electron chi connectivity index (χ3n) is 6.86. The van der Waals surface area contributed by atoms with Crippen molar-refractivity contribution in [3.05, 3.63) is 90.1 Å². The van der Waals surface area contributed by atoms with Crippen LogP contribution >= 0.6 is 11.8 Å². The van der Waals surface area contributed by atoms with Gasteiger partial charge in [-0.15, -0.1) is 10.2 Å². The number of benzene rings is 2. The van der Waals surface area contributed by atoms with Gasteiger partial charge in [0.1, 0.15) is 16.5 Å². The lowest BCUT2D eigenvalue weighted by Gasteiger charge is -2.22. The van der Waals surface area contributed by atoms with Gasteiger partial charge in [-0.25, -0.2) is 5.01 Å². The standard InChI is InChI=1S/C30H27N7O4S/c1-39-21-10-7-19(8-11-21)23-17-24(20-9-12-25(40-2)26(16-20)41-3)36(34-23)29(38)18-42-28-14-13-27-32-33-30(37(27)35-28)22-6-4-5-15-31-22/h4-16,24H,17-18H2,1-3H3. The van der Waals surface area contributed by atoms with E-state index in [0.717, 1.165) is 22.6 Å². The van der Waals surface area contributed by atoms with Gasteiger partial charge < -0.3 is 14.2 Å². The monoisotopic (exact) mass is 581 g/mol. The predicted octanol–water partition coefficient (Wildman–Crippen LogP) is 4.68.